The van der Waals surface area contributed by atoms with E-state index in [1.54, 1.807) is 0 Å². The van der Waals surface area contributed by atoms with Crippen molar-refractivity contribution in [1.82, 2.24) is 9.97 Å². The van der Waals surface area contributed by atoms with Gasteiger partial charge in [0.1, 0.15) is 18.1 Å². The number of carboxylic acids is 1. The van der Waals surface area contributed by atoms with Crippen LogP contribution in [0.1, 0.15) is 5.82 Å². The molecule has 0 radical (unpaired) electrons. The minimum absolute atomic E-state index is 0.184. The minimum Gasteiger partial charge on any atom is -0.481 e. The molecule has 0 unspecified atom stereocenters. The Morgan fingerprint density at radius 1 is 1.57 bits per heavy atom. The van der Waals surface area contributed by atoms with E-state index in [2.05, 4.69) is 9.97 Å². The van der Waals surface area contributed by atoms with Gasteiger partial charge in [0.05, 0.1) is 11.0 Å². The zero-order valence-corrected chi connectivity index (χ0v) is 7.12. The number of nitrogens with zero attached hydrogens (tertiary/aromatic N) is 1. The normalized spacial score (nSPS) is 10.6. The van der Waals surface area contributed by atoms with Gasteiger partial charge in [0, 0.05) is 0 Å². The molecule has 0 saturated heterocycles. The molecular weight excluding hydrogens is 187 g/mol. The molecule has 2 rings (SSSR count). The second-order valence-corrected chi connectivity index (χ2v) is 2.92. The van der Waals surface area contributed by atoms with Crippen molar-refractivity contribution in [2.24, 2.45) is 0 Å². The van der Waals surface area contributed by atoms with Gasteiger partial charge in [-0.15, -0.1) is 0 Å². The summed E-state index contributed by atoms with van der Waals surface area (Å²) in [6.07, 6.45) is -0.184. The first-order valence-corrected chi connectivity index (χ1v) is 4.01. The highest BCUT2D eigenvalue weighted by molar-refractivity contribution is 5.77. The third kappa shape index (κ3) is 1.56. The molecule has 72 valence electrons. The molecule has 2 N–H and O–H groups in total. The van der Waals surface area contributed by atoms with Crippen LogP contribution in [-0.2, 0) is 11.2 Å². The zero-order chi connectivity index (χ0) is 10.1. The Morgan fingerprint density at radius 3 is 3.07 bits per heavy atom. The molecule has 0 saturated carbocycles. The molecule has 1 aromatic carbocycles. The predicted molar refractivity (Wildman–Crippen MR) is 47.4 cm³/mol. The van der Waals surface area contributed by atoms with Crippen molar-refractivity contribution in [3.05, 3.63) is 29.8 Å². The molecule has 1 heterocycles. The van der Waals surface area contributed by atoms with E-state index in [1.165, 1.54) is 18.2 Å². The minimum atomic E-state index is -0.968. The molecule has 5 heteroatoms. The van der Waals surface area contributed by atoms with E-state index in [1.807, 2.05) is 0 Å². The number of aromatic amines is 1. The fraction of sp³-hybridized carbons (Fsp3) is 0.111. The lowest BCUT2D eigenvalue weighted by atomic mass is 10.3. The van der Waals surface area contributed by atoms with Crippen molar-refractivity contribution in [2.75, 3.05) is 0 Å². The number of rotatable bonds is 2. The van der Waals surface area contributed by atoms with Crippen molar-refractivity contribution < 1.29 is 14.3 Å². The Morgan fingerprint density at radius 2 is 2.36 bits per heavy atom. The second kappa shape index (κ2) is 3.10. The Balaban J connectivity index is 2.46. The molecular formula is C9H7FN2O2. The molecule has 0 bridgehead atoms. The molecule has 14 heavy (non-hydrogen) atoms. The molecule has 0 fully saturated rings. The zero-order valence-electron chi connectivity index (χ0n) is 7.12. The van der Waals surface area contributed by atoms with Crippen molar-refractivity contribution in [2.45, 2.75) is 6.42 Å². The number of fused-ring (bicyclic) bond motifs is 1. The summed E-state index contributed by atoms with van der Waals surface area (Å²) in [4.78, 5) is 17.1. The summed E-state index contributed by atoms with van der Waals surface area (Å²) in [5.74, 6) is -1.01. The maximum Gasteiger partial charge on any atom is 0.311 e. The van der Waals surface area contributed by atoms with Crippen LogP contribution in [-0.4, -0.2) is 21.0 Å². The van der Waals surface area contributed by atoms with Crippen molar-refractivity contribution in [1.29, 1.82) is 0 Å². The quantitative estimate of drug-likeness (QED) is 0.757. The number of halogens is 1. The highest BCUT2D eigenvalue weighted by atomic mass is 19.1. The Labute approximate surface area is 78.4 Å². The monoisotopic (exact) mass is 194 g/mol. The number of carbonyl (C=O) groups is 1. The topological polar surface area (TPSA) is 66.0 Å². The molecule has 0 atom stereocenters. The number of nitrogens with one attached hydrogen (secondary N) is 1. The van der Waals surface area contributed by atoms with E-state index >= 15 is 0 Å². The second-order valence-electron chi connectivity index (χ2n) is 2.92. The SMILES string of the molecule is O=C(O)Cc1nc2ccc(F)cc2[nH]1. The summed E-state index contributed by atoms with van der Waals surface area (Å²) >= 11 is 0. The molecule has 1 aromatic heterocycles. The Bertz CT molecular complexity index is 493. The number of benzene rings is 1. The third-order valence-corrected chi connectivity index (χ3v) is 1.81. The molecule has 2 aromatic rings. The maximum atomic E-state index is 12.7. The summed E-state index contributed by atoms with van der Waals surface area (Å²) in [6.45, 7) is 0. The highest BCUT2D eigenvalue weighted by Crippen LogP contribution is 2.12. The van der Waals surface area contributed by atoms with E-state index in [0.29, 0.717) is 16.9 Å². The van der Waals surface area contributed by atoms with E-state index in [0.717, 1.165) is 0 Å². The van der Waals surface area contributed by atoms with Crippen LogP contribution >= 0.6 is 0 Å². The van der Waals surface area contributed by atoms with E-state index in [-0.39, 0.29) is 12.2 Å². The number of aromatic nitrogens is 2. The van der Waals surface area contributed by atoms with Crippen LogP contribution in [0.2, 0.25) is 0 Å². The van der Waals surface area contributed by atoms with Crippen LogP contribution in [0.3, 0.4) is 0 Å². The van der Waals surface area contributed by atoms with Crippen molar-refractivity contribution in [3.63, 3.8) is 0 Å². The van der Waals surface area contributed by atoms with Gasteiger partial charge in [-0.3, -0.25) is 4.79 Å². The summed E-state index contributed by atoms with van der Waals surface area (Å²) in [5.41, 5.74) is 1.09. The van der Waals surface area contributed by atoms with Gasteiger partial charge in [0.15, 0.2) is 0 Å². The van der Waals surface area contributed by atoms with Gasteiger partial charge >= 0.3 is 5.97 Å². The Hall–Kier alpha value is -1.91. The lowest BCUT2D eigenvalue weighted by Crippen LogP contribution is -2.01. The van der Waals surface area contributed by atoms with E-state index in [9.17, 15) is 9.18 Å². The molecule has 0 amide bonds. The molecule has 0 spiro atoms. The van der Waals surface area contributed by atoms with Crippen LogP contribution in [0.25, 0.3) is 11.0 Å². The standard InChI is InChI=1S/C9H7FN2O2/c10-5-1-2-6-7(3-5)12-8(11-6)4-9(13)14/h1-3H,4H2,(H,11,12)(H,13,14). The van der Waals surface area contributed by atoms with Gasteiger partial charge in [-0.1, -0.05) is 0 Å². The summed E-state index contributed by atoms with van der Waals surface area (Å²) < 4.78 is 12.7. The van der Waals surface area contributed by atoms with Crippen molar-refractivity contribution in [3.8, 4) is 0 Å². The number of aliphatic carboxylic acids is 1. The first kappa shape index (κ1) is 8.68. The maximum absolute atomic E-state index is 12.7. The predicted octanol–water partition coefficient (Wildman–Crippen LogP) is 1.33. The lowest BCUT2D eigenvalue weighted by Gasteiger charge is -1.87. The van der Waals surface area contributed by atoms with Gasteiger partial charge in [-0.05, 0) is 18.2 Å². The fourth-order valence-electron chi connectivity index (χ4n) is 1.26. The van der Waals surface area contributed by atoms with Crippen LogP contribution in [0, 0.1) is 5.82 Å². The smallest absolute Gasteiger partial charge is 0.311 e. The molecule has 0 aliphatic heterocycles. The van der Waals surface area contributed by atoms with Gasteiger partial charge in [0.2, 0.25) is 0 Å². The van der Waals surface area contributed by atoms with Crippen molar-refractivity contribution >= 4 is 17.0 Å². The average molecular weight is 194 g/mol. The van der Waals surface area contributed by atoms with Crippen LogP contribution in [0.4, 0.5) is 4.39 Å². The fourth-order valence-corrected chi connectivity index (χ4v) is 1.26. The van der Waals surface area contributed by atoms with E-state index in [4.69, 9.17) is 5.11 Å². The molecule has 4 nitrogen and oxygen atoms in total. The summed E-state index contributed by atoms with van der Waals surface area (Å²) in [5, 5.41) is 8.51. The summed E-state index contributed by atoms with van der Waals surface area (Å²) in [6, 6.07) is 4.08. The number of carboxylic acid groups (broad SMARTS) is 1. The number of hydrogen-bond donors (Lipinski definition) is 2. The molecule has 0 aliphatic carbocycles. The Kier molecular flexibility index (Phi) is 1.92. The van der Waals surface area contributed by atoms with Crippen LogP contribution in [0.5, 0.6) is 0 Å². The number of imidazole rings is 1. The van der Waals surface area contributed by atoms with Gasteiger partial charge in [0.25, 0.3) is 0 Å². The number of hydrogen-bond acceptors (Lipinski definition) is 2. The third-order valence-electron chi connectivity index (χ3n) is 1.81. The first-order valence-electron chi connectivity index (χ1n) is 4.01. The van der Waals surface area contributed by atoms with Gasteiger partial charge < -0.3 is 10.1 Å². The van der Waals surface area contributed by atoms with Gasteiger partial charge in [-0.25, -0.2) is 9.37 Å². The van der Waals surface area contributed by atoms with Crippen LogP contribution in [0.15, 0.2) is 18.2 Å². The van der Waals surface area contributed by atoms with Crippen LogP contribution < -0.4 is 0 Å². The van der Waals surface area contributed by atoms with E-state index < -0.39 is 5.97 Å². The number of H-pyrrole nitrogens is 1. The largest absolute Gasteiger partial charge is 0.481 e. The molecule has 0 aliphatic rings. The summed E-state index contributed by atoms with van der Waals surface area (Å²) in [7, 11) is 0. The van der Waals surface area contributed by atoms with Gasteiger partial charge in [-0.2, -0.15) is 0 Å². The first-order chi connectivity index (χ1) is 6.65. The average Bonchev–Trinajstić information content (AvgIpc) is 2.44. The highest BCUT2D eigenvalue weighted by Gasteiger charge is 2.06. The lowest BCUT2D eigenvalue weighted by molar-refractivity contribution is -0.136.